The molecule has 0 nitrogen and oxygen atoms in total. The van der Waals surface area contributed by atoms with E-state index < -0.39 is 0 Å². The van der Waals surface area contributed by atoms with Crippen molar-refractivity contribution in [2.24, 2.45) is 0 Å². The summed E-state index contributed by atoms with van der Waals surface area (Å²) in [7, 11) is 0. The molecule has 0 aliphatic heterocycles. The molecule has 0 fully saturated rings. The van der Waals surface area contributed by atoms with Crippen molar-refractivity contribution in [1.29, 1.82) is 0 Å². The van der Waals surface area contributed by atoms with E-state index in [1.165, 1.54) is 67.5 Å². The Morgan fingerprint density at radius 1 is 0.286 bits per heavy atom. The summed E-state index contributed by atoms with van der Waals surface area (Å²) in [5.74, 6) is 3.05. The van der Waals surface area contributed by atoms with Gasteiger partial charge in [-0.3, -0.25) is 0 Å². The van der Waals surface area contributed by atoms with Gasteiger partial charge in [-0.25, -0.2) is 0 Å². The topological polar surface area (TPSA) is 0 Å². The normalized spacial score (nSPS) is 13.5. The van der Waals surface area contributed by atoms with Crippen LogP contribution >= 0.6 is 0 Å². The van der Waals surface area contributed by atoms with Crippen LogP contribution in [0.4, 0.5) is 0 Å². The van der Waals surface area contributed by atoms with E-state index >= 15 is 0 Å². The molecule has 6 aromatic rings. The third kappa shape index (κ3) is 4.48. The van der Waals surface area contributed by atoms with E-state index in [1.54, 1.807) is 0 Å². The number of hydrogen-bond donors (Lipinski definition) is 0. The number of benzene rings is 6. The summed E-state index contributed by atoms with van der Waals surface area (Å²) >= 11 is 0. The van der Waals surface area contributed by atoms with Gasteiger partial charge in [-0.1, -0.05) is 225 Å². The first-order chi connectivity index (χ1) is 19.9. The summed E-state index contributed by atoms with van der Waals surface area (Å²) in [6, 6.07) is 58.1. The van der Waals surface area contributed by atoms with Crippen LogP contribution in [0.15, 0.2) is 158 Å². The van der Waals surface area contributed by atoms with Crippen LogP contribution in [-0.4, -0.2) is 0 Å². The zero-order valence-electron chi connectivity index (χ0n) is 24.2. The molecule has 0 spiro atoms. The maximum atomic E-state index is 2.36. The predicted molar refractivity (Wildman–Crippen MR) is 163 cm³/mol. The number of fused-ring (bicyclic) bond motifs is 4. The molecule has 0 amide bonds. The summed E-state index contributed by atoms with van der Waals surface area (Å²) < 4.78 is 0. The fraction of sp³-hybridized carbons (Fsp3) is 0.0500. The van der Waals surface area contributed by atoms with Crippen molar-refractivity contribution in [1.82, 2.24) is 0 Å². The molecule has 42 heavy (non-hydrogen) atoms. The fourth-order valence-corrected chi connectivity index (χ4v) is 7.16. The van der Waals surface area contributed by atoms with Crippen LogP contribution in [0.2, 0.25) is 0 Å². The first-order valence-electron chi connectivity index (χ1n) is 14.1. The summed E-state index contributed by atoms with van der Waals surface area (Å²) in [6.07, 6.45) is 0. The van der Waals surface area contributed by atoms with Crippen LogP contribution in [-0.2, 0) is 0 Å². The average Bonchev–Trinajstić information content (AvgIpc) is 3.03. The van der Waals surface area contributed by atoms with E-state index in [0.29, 0.717) is 0 Å². The fourth-order valence-electron chi connectivity index (χ4n) is 7.16. The van der Waals surface area contributed by atoms with Gasteiger partial charge in [0.2, 0.25) is 0 Å². The van der Waals surface area contributed by atoms with E-state index in [-0.39, 0.29) is 49.6 Å². The Kier molecular flexibility index (Phi) is 8.01. The second-order valence-corrected chi connectivity index (χ2v) is 10.8. The largest absolute Gasteiger partial charge is 1.00 e. The van der Waals surface area contributed by atoms with Crippen molar-refractivity contribution in [3.63, 3.8) is 0 Å². The standard InChI is InChI=1S/C40H28.2Li/c1-3-15-27(16-4-1)37-29-19-7-11-23-33(29)39(34-24-12-8-20-30(34)37)40-35-25-13-9-21-31(35)38(28-17-5-2-6-18-28)32-22-10-14-26-36(32)40;;/h1-26,39-40H;;/q-2;2*+1. The van der Waals surface area contributed by atoms with Gasteiger partial charge < -0.3 is 0 Å². The minimum absolute atomic E-state index is 0. The molecule has 0 radical (unpaired) electrons. The van der Waals surface area contributed by atoms with Crippen LogP contribution in [0.1, 0.15) is 67.5 Å². The third-order valence-corrected chi connectivity index (χ3v) is 8.72. The SMILES string of the molecule is [Li+].[Li+].c1ccc([C-]2c3ccccc3C(C3c4ccccc4[C-](c4ccccc4)c4ccccc43)c3ccccc32)cc1. The van der Waals surface area contributed by atoms with E-state index in [4.69, 9.17) is 0 Å². The summed E-state index contributed by atoms with van der Waals surface area (Å²) in [4.78, 5) is 0. The van der Waals surface area contributed by atoms with Gasteiger partial charge in [-0.15, -0.1) is 0 Å². The molecule has 190 valence electrons. The Morgan fingerprint density at radius 3 is 0.810 bits per heavy atom. The molecule has 2 aliphatic rings. The Morgan fingerprint density at radius 2 is 0.524 bits per heavy atom. The van der Waals surface area contributed by atoms with Crippen LogP contribution in [0, 0.1) is 11.8 Å². The van der Waals surface area contributed by atoms with Crippen LogP contribution < -0.4 is 37.7 Å². The molecule has 0 heterocycles. The zero-order chi connectivity index (χ0) is 26.5. The van der Waals surface area contributed by atoms with Crippen molar-refractivity contribution in [2.75, 3.05) is 0 Å². The molecule has 0 saturated heterocycles. The smallest absolute Gasteiger partial charge is 0.0999 e. The minimum atomic E-state index is 0. The molecule has 2 heteroatoms. The van der Waals surface area contributed by atoms with Crippen molar-refractivity contribution in [2.45, 2.75) is 11.8 Å². The van der Waals surface area contributed by atoms with Crippen LogP contribution in [0.5, 0.6) is 0 Å². The van der Waals surface area contributed by atoms with E-state index in [0.717, 1.165) is 0 Å². The van der Waals surface area contributed by atoms with Gasteiger partial charge >= 0.3 is 37.7 Å². The van der Waals surface area contributed by atoms with Crippen molar-refractivity contribution < 1.29 is 37.7 Å². The zero-order valence-corrected chi connectivity index (χ0v) is 24.2. The second kappa shape index (κ2) is 11.9. The number of rotatable bonds is 3. The monoisotopic (exact) mass is 522 g/mol. The van der Waals surface area contributed by atoms with Crippen molar-refractivity contribution in [3.05, 3.63) is 225 Å². The summed E-state index contributed by atoms with van der Waals surface area (Å²) in [5.41, 5.74) is 13.5. The van der Waals surface area contributed by atoms with Crippen LogP contribution in [0.3, 0.4) is 0 Å². The predicted octanol–water partition coefficient (Wildman–Crippen LogP) is 3.32. The molecular formula is C40H28Li2. The maximum Gasteiger partial charge on any atom is 1.00 e. The van der Waals surface area contributed by atoms with Gasteiger partial charge in [0.05, 0.1) is 0 Å². The molecule has 0 saturated carbocycles. The van der Waals surface area contributed by atoms with E-state index in [1.807, 2.05) is 0 Å². The second-order valence-electron chi connectivity index (χ2n) is 10.8. The van der Waals surface area contributed by atoms with Gasteiger partial charge in [0.15, 0.2) is 0 Å². The first-order valence-corrected chi connectivity index (χ1v) is 14.1. The molecule has 2 aliphatic carbocycles. The Hall–Kier alpha value is -3.75. The van der Waals surface area contributed by atoms with Gasteiger partial charge in [0, 0.05) is 0 Å². The first kappa shape index (κ1) is 28.4. The number of hydrogen-bond acceptors (Lipinski definition) is 0. The molecule has 0 aromatic heterocycles. The molecular weight excluding hydrogens is 494 g/mol. The van der Waals surface area contributed by atoms with E-state index in [9.17, 15) is 0 Å². The molecule has 0 atom stereocenters. The van der Waals surface area contributed by atoms with Gasteiger partial charge in [-0.05, 0) is 11.8 Å². The molecule has 6 aromatic carbocycles. The Balaban J connectivity index is 0.00000158. The average molecular weight is 523 g/mol. The van der Waals surface area contributed by atoms with Gasteiger partial charge in [0.1, 0.15) is 0 Å². The Bertz CT molecular complexity index is 1590. The molecule has 0 unspecified atom stereocenters. The minimum Gasteiger partial charge on any atom is -0.0999 e. The summed E-state index contributed by atoms with van der Waals surface area (Å²) in [5, 5.41) is 0. The van der Waals surface area contributed by atoms with Crippen molar-refractivity contribution >= 4 is 0 Å². The molecule has 0 bridgehead atoms. The van der Waals surface area contributed by atoms with Crippen molar-refractivity contribution in [3.8, 4) is 0 Å². The van der Waals surface area contributed by atoms with E-state index in [2.05, 4.69) is 158 Å². The van der Waals surface area contributed by atoms with Gasteiger partial charge in [0.25, 0.3) is 0 Å². The van der Waals surface area contributed by atoms with Gasteiger partial charge in [-0.2, -0.15) is 0 Å². The molecule has 0 N–H and O–H groups in total. The molecule has 8 rings (SSSR count). The Labute approximate surface area is 273 Å². The maximum absolute atomic E-state index is 2.36. The third-order valence-electron chi connectivity index (χ3n) is 8.72. The van der Waals surface area contributed by atoms with Crippen LogP contribution in [0.25, 0.3) is 0 Å². The quantitative estimate of drug-likeness (QED) is 0.247. The summed E-state index contributed by atoms with van der Waals surface area (Å²) in [6.45, 7) is 0.